The minimum atomic E-state index is -1.75. The Hall–Kier alpha value is -3.73. The van der Waals surface area contributed by atoms with E-state index in [1.54, 1.807) is 30.3 Å². The Morgan fingerprint density at radius 2 is 1.53 bits per heavy atom. The fourth-order valence-electron chi connectivity index (χ4n) is 3.07. The van der Waals surface area contributed by atoms with Gasteiger partial charge in [-0.2, -0.15) is 0 Å². The van der Waals surface area contributed by atoms with Gasteiger partial charge in [0.1, 0.15) is 5.75 Å². The maximum atomic E-state index is 12.7. The lowest BCUT2D eigenvalue weighted by Crippen LogP contribution is -2.43. The zero-order valence-corrected chi connectivity index (χ0v) is 16.9. The molecule has 0 bridgehead atoms. The molecule has 0 atom stereocenters. The number of fused-ring (bicyclic) bond motifs is 1. The number of hydrogen-bond donors (Lipinski definition) is 1. The van der Waals surface area contributed by atoms with Gasteiger partial charge in [-0.1, -0.05) is 42.2 Å². The predicted molar refractivity (Wildman–Crippen MR) is 107 cm³/mol. The van der Waals surface area contributed by atoms with Gasteiger partial charge in [-0.15, -0.1) is 0 Å². The van der Waals surface area contributed by atoms with E-state index in [0.29, 0.717) is 16.3 Å². The number of methoxy groups -OCH3 is 3. The van der Waals surface area contributed by atoms with E-state index < -0.39 is 23.5 Å². The van der Waals surface area contributed by atoms with E-state index in [1.807, 2.05) is 0 Å². The van der Waals surface area contributed by atoms with E-state index in [0.717, 1.165) is 7.11 Å². The van der Waals surface area contributed by atoms with Crippen LogP contribution < -0.4 is 0 Å². The summed E-state index contributed by atoms with van der Waals surface area (Å²) in [5, 5.41) is 11.4. The molecule has 2 rings (SSSR count). The van der Waals surface area contributed by atoms with Crippen LogP contribution in [-0.2, 0) is 35.0 Å². The van der Waals surface area contributed by atoms with Crippen LogP contribution in [0, 0.1) is 17.3 Å². The Kier molecular flexibility index (Phi) is 7.64. The summed E-state index contributed by atoms with van der Waals surface area (Å²) in [7, 11) is 3.50. The first-order valence-electron chi connectivity index (χ1n) is 8.92. The molecule has 0 aliphatic carbocycles. The molecule has 0 unspecified atom stereocenters. The number of esters is 2. The van der Waals surface area contributed by atoms with Gasteiger partial charge in [0.25, 0.3) is 0 Å². The lowest BCUT2D eigenvalue weighted by atomic mass is 9.77. The summed E-state index contributed by atoms with van der Waals surface area (Å²) in [6.45, 7) is -0.271. The number of carbonyl (C=O) groups excluding carboxylic acids is 3. The van der Waals surface area contributed by atoms with Crippen molar-refractivity contribution in [3.8, 4) is 17.6 Å². The van der Waals surface area contributed by atoms with E-state index >= 15 is 0 Å². The number of carbonyl (C=O) groups is 3. The quantitative estimate of drug-likeness (QED) is 0.333. The van der Waals surface area contributed by atoms with Gasteiger partial charge in [-0.3, -0.25) is 9.59 Å². The highest BCUT2D eigenvalue weighted by Gasteiger charge is 2.48. The van der Waals surface area contributed by atoms with Gasteiger partial charge in [0, 0.05) is 18.2 Å². The third kappa shape index (κ3) is 4.81. The fraction of sp³-hybridized carbons (Fsp3) is 0.318. The number of rotatable bonds is 6. The molecular formula is C22H22O8. The molecule has 8 nitrogen and oxygen atoms in total. The Bertz CT molecular complexity index is 983. The molecule has 0 aliphatic heterocycles. The summed E-state index contributed by atoms with van der Waals surface area (Å²) < 4.78 is 18.8. The highest BCUT2D eigenvalue weighted by molar-refractivity contribution is 6.01. The summed E-state index contributed by atoms with van der Waals surface area (Å²) in [5.41, 5.74) is -1.12. The van der Waals surface area contributed by atoms with Crippen LogP contribution in [-0.4, -0.2) is 51.1 Å². The van der Waals surface area contributed by atoms with Gasteiger partial charge in [0.05, 0.1) is 21.3 Å². The third-order valence-corrected chi connectivity index (χ3v) is 4.58. The first kappa shape index (κ1) is 22.6. The lowest BCUT2D eigenvalue weighted by molar-refractivity contribution is -0.168. The smallest absolute Gasteiger partial charge is 0.507 e. The molecule has 0 fully saturated rings. The minimum absolute atomic E-state index is 0.0698. The highest BCUT2D eigenvalue weighted by Crippen LogP contribution is 2.35. The van der Waals surface area contributed by atoms with Crippen LogP contribution in [0.1, 0.15) is 12.0 Å². The molecule has 158 valence electrons. The predicted octanol–water partition coefficient (Wildman–Crippen LogP) is 2.60. The number of benzene rings is 2. The summed E-state index contributed by atoms with van der Waals surface area (Å²) in [4.78, 5) is 36.4. The average Bonchev–Trinajstić information content (AvgIpc) is 2.78. The molecule has 0 aromatic heterocycles. The Balaban J connectivity index is 2.45. The van der Waals surface area contributed by atoms with E-state index in [2.05, 4.69) is 21.3 Å². The summed E-state index contributed by atoms with van der Waals surface area (Å²) in [5.74, 6) is 3.71. The van der Waals surface area contributed by atoms with Gasteiger partial charge in [-0.05, 0) is 17.0 Å². The van der Waals surface area contributed by atoms with Crippen molar-refractivity contribution in [2.75, 3.05) is 27.9 Å². The molecule has 0 spiro atoms. The van der Waals surface area contributed by atoms with Crippen molar-refractivity contribution in [2.24, 2.45) is 5.41 Å². The van der Waals surface area contributed by atoms with Crippen LogP contribution in [0.15, 0.2) is 36.4 Å². The molecular weight excluding hydrogens is 392 g/mol. The van der Waals surface area contributed by atoms with Crippen LogP contribution in [0.2, 0.25) is 0 Å². The topological polar surface area (TPSA) is 108 Å². The van der Waals surface area contributed by atoms with Crippen molar-refractivity contribution in [2.45, 2.75) is 12.8 Å². The third-order valence-electron chi connectivity index (χ3n) is 4.58. The molecule has 1 N–H and O–H groups in total. The number of aromatic hydroxyl groups is 1. The molecule has 2 aromatic carbocycles. The van der Waals surface area contributed by atoms with Crippen LogP contribution in [0.3, 0.4) is 0 Å². The van der Waals surface area contributed by atoms with E-state index in [4.69, 9.17) is 9.47 Å². The lowest BCUT2D eigenvalue weighted by Gasteiger charge is -2.27. The van der Waals surface area contributed by atoms with Gasteiger partial charge in [-0.25, -0.2) is 4.79 Å². The molecule has 30 heavy (non-hydrogen) atoms. The Labute approximate surface area is 173 Å². The molecule has 0 amide bonds. The summed E-state index contributed by atoms with van der Waals surface area (Å²) >= 11 is 0. The van der Waals surface area contributed by atoms with E-state index in [-0.39, 0.29) is 25.2 Å². The minimum Gasteiger partial charge on any atom is -0.507 e. The molecule has 2 aromatic rings. The number of phenolic OH excluding ortho intramolecular Hbond substituents is 1. The van der Waals surface area contributed by atoms with Crippen molar-refractivity contribution in [3.05, 3.63) is 42.0 Å². The van der Waals surface area contributed by atoms with Crippen molar-refractivity contribution >= 4 is 28.9 Å². The second-order valence-corrected chi connectivity index (χ2v) is 6.30. The molecule has 0 radical (unpaired) electrons. The number of phenols is 1. The second-order valence-electron chi connectivity index (χ2n) is 6.30. The van der Waals surface area contributed by atoms with Crippen molar-refractivity contribution in [1.82, 2.24) is 0 Å². The number of hydrogen-bond acceptors (Lipinski definition) is 8. The molecule has 0 heterocycles. The summed E-state index contributed by atoms with van der Waals surface area (Å²) in [6.07, 6.45) is -1.20. The van der Waals surface area contributed by atoms with Crippen molar-refractivity contribution < 1.29 is 38.4 Å². The average molecular weight is 414 g/mol. The van der Waals surface area contributed by atoms with Crippen molar-refractivity contribution in [3.63, 3.8) is 0 Å². The standard InChI is InChI=1S/C22H22O8/c1-27-19(24)22(20(25)28-2,12-6-7-13-30-21(26)29-3)14-15-10-11-18(23)17-9-5-4-8-16(15)17/h4-5,8-11,23H,12-14H2,1-3H3. The SMILES string of the molecule is COC(=O)OCC#CCC(Cc1ccc(O)c2ccccc12)(C(=O)OC)C(=O)OC. The van der Waals surface area contributed by atoms with Crippen LogP contribution in [0.5, 0.6) is 5.75 Å². The first-order chi connectivity index (χ1) is 14.4. The largest absolute Gasteiger partial charge is 0.508 e. The number of ether oxygens (including phenoxy) is 4. The van der Waals surface area contributed by atoms with Crippen LogP contribution >= 0.6 is 0 Å². The van der Waals surface area contributed by atoms with Crippen LogP contribution in [0.25, 0.3) is 10.8 Å². The fourth-order valence-corrected chi connectivity index (χ4v) is 3.07. The Morgan fingerprint density at radius 1 is 0.900 bits per heavy atom. The van der Waals surface area contributed by atoms with Gasteiger partial charge in [0.15, 0.2) is 12.0 Å². The highest BCUT2D eigenvalue weighted by atomic mass is 16.7. The Morgan fingerprint density at radius 3 is 2.13 bits per heavy atom. The second kappa shape index (κ2) is 10.2. The van der Waals surface area contributed by atoms with Crippen molar-refractivity contribution in [1.29, 1.82) is 0 Å². The molecule has 0 aliphatic rings. The van der Waals surface area contributed by atoms with Crippen LogP contribution in [0.4, 0.5) is 4.79 Å². The monoisotopic (exact) mass is 414 g/mol. The zero-order chi connectivity index (χ0) is 22.1. The molecule has 0 saturated carbocycles. The van der Waals surface area contributed by atoms with Gasteiger partial charge < -0.3 is 24.1 Å². The molecule has 8 heteroatoms. The summed E-state index contributed by atoms with van der Waals surface area (Å²) in [6, 6.07) is 10.2. The maximum Gasteiger partial charge on any atom is 0.508 e. The zero-order valence-electron chi connectivity index (χ0n) is 16.9. The molecule has 0 saturated heterocycles. The maximum absolute atomic E-state index is 12.7. The van der Waals surface area contributed by atoms with Gasteiger partial charge in [0.2, 0.25) is 0 Å². The van der Waals surface area contributed by atoms with Gasteiger partial charge >= 0.3 is 18.1 Å². The normalized spacial score (nSPS) is 10.5. The van der Waals surface area contributed by atoms with E-state index in [1.165, 1.54) is 20.3 Å². The van der Waals surface area contributed by atoms with E-state index in [9.17, 15) is 19.5 Å². The first-order valence-corrected chi connectivity index (χ1v) is 8.92.